The van der Waals surface area contributed by atoms with Gasteiger partial charge >= 0.3 is 0 Å². The maximum Gasteiger partial charge on any atom is 0.236 e. The van der Waals surface area contributed by atoms with Gasteiger partial charge in [-0.2, -0.15) is 11.8 Å². The normalized spacial score (nSPS) is 10.3. The van der Waals surface area contributed by atoms with E-state index in [-0.39, 0.29) is 11.7 Å². The van der Waals surface area contributed by atoms with E-state index in [1.165, 1.54) is 35.2 Å². The molecule has 1 N–H and O–H groups in total. The molecule has 0 atom stereocenters. The van der Waals surface area contributed by atoms with Crippen LogP contribution in [0.1, 0.15) is 0 Å². The quantitative estimate of drug-likeness (QED) is 0.936. The number of amides is 1. The van der Waals surface area contributed by atoms with Crippen molar-refractivity contribution in [2.75, 3.05) is 17.3 Å². The van der Waals surface area contributed by atoms with E-state index >= 15 is 0 Å². The molecule has 0 aliphatic rings. The maximum absolute atomic E-state index is 13.1. The Labute approximate surface area is 112 Å². The van der Waals surface area contributed by atoms with Gasteiger partial charge in [0.15, 0.2) is 5.13 Å². The van der Waals surface area contributed by atoms with Gasteiger partial charge in [-0.25, -0.2) is 9.37 Å². The van der Waals surface area contributed by atoms with Crippen LogP contribution >= 0.6 is 23.1 Å². The Morgan fingerprint density at radius 2 is 2.39 bits per heavy atom. The van der Waals surface area contributed by atoms with Crippen LogP contribution in [0.4, 0.5) is 9.52 Å². The fourth-order valence-electron chi connectivity index (χ4n) is 1.40. The van der Waals surface area contributed by atoms with Crippen LogP contribution in [0.2, 0.25) is 0 Å². The highest BCUT2D eigenvalue weighted by molar-refractivity contribution is 7.99. The number of thiazole rings is 1. The SMILES string of the molecule is CSCC(=O)Nc1nc(-c2cccc(F)c2)cs1. The minimum absolute atomic E-state index is 0.0809. The smallest absolute Gasteiger partial charge is 0.236 e. The van der Waals surface area contributed by atoms with Gasteiger partial charge in [0, 0.05) is 10.9 Å². The molecular weight excluding hydrogens is 271 g/mol. The van der Waals surface area contributed by atoms with Crippen molar-refractivity contribution < 1.29 is 9.18 Å². The summed E-state index contributed by atoms with van der Waals surface area (Å²) in [6, 6.07) is 6.22. The lowest BCUT2D eigenvalue weighted by molar-refractivity contribution is -0.113. The average Bonchev–Trinajstić information content (AvgIpc) is 2.78. The van der Waals surface area contributed by atoms with Crippen LogP contribution in [-0.4, -0.2) is 22.9 Å². The summed E-state index contributed by atoms with van der Waals surface area (Å²) in [5.41, 5.74) is 1.37. The molecule has 1 heterocycles. The lowest BCUT2D eigenvalue weighted by Gasteiger charge is -1.99. The predicted molar refractivity (Wildman–Crippen MR) is 74.5 cm³/mol. The fourth-order valence-corrected chi connectivity index (χ4v) is 2.47. The zero-order valence-electron chi connectivity index (χ0n) is 9.64. The van der Waals surface area contributed by atoms with Crippen molar-refractivity contribution in [3.63, 3.8) is 0 Å². The molecule has 0 bridgehead atoms. The van der Waals surface area contributed by atoms with Gasteiger partial charge in [0.25, 0.3) is 0 Å². The van der Waals surface area contributed by atoms with Gasteiger partial charge in [-0.05, 0) is 18.4 Å². The Bertz CT molecular complexity index is 557. The van der Waals surface area contributed by atoms with E-state index in [1.807, 2.05) is 6.26 Å². The van der Waals surface area contributed by atoms with E-state index < -0.39 is 0 Å². The van der Waals surface area contributed by atoms with Crippen LogP contribution in [0.25, 0.3) is 11.3 Å². The summed E-state index contributed by atoms with van der Waals surface area (Å²) >= 11 is 2.78. The van der Waals surface area contributed by atoms with E-state index in [1.54, 1.807) is 17.5 Å². The van der Waals surface area contributed by atoms with Crippen LogP contribution in [0.5, 0.6) is 0 Å². The van der Waals surface area contributed by atoms with Crippen molar-refractivity contribution in [2.24, 2.45) is 0 Å². The number of hydrogen-bond donors (Lipinski definition) is 1. The van der Waals surface area contributed by atoms with Crippen molar-refractivity contribution >= 4 is 34.1 Å². The monoisotopic (exact) mass is 282 g/mol. The molecule has 1 amide bonds. The molecule has 0 aliphatic heterocycles. The van der Waals surface area contributed by atoms with E-state index in [9.17, 15) is 9.18 Å². The number of nitrogens with zero attached hydrogens (tertiary/aromatic N) is 1. The maximum atomic E-state index is 13.1. The summed E-state index contributed by atoms with van der Waals surface area (Å²) in [6.07, 6.45) is 1.86. The van der Waals surface area contributed by atoms with Crippen molar-refractivity contribution in [1.29, 1.82) is 0 Å². The average molecular weight is 282 g/mol. The van der Waals surface area contributed by atoms with Crippen molar-refractivity contribution in [3.8, 4) is 11.3 Å². The number of carbonyl (C=O) groups is 1. The third-order valence-electron chi connectivity index (χ3n) is 2.15. The zero-order chi connectivity index (χ0) is 13.0. The Hall–Kier alpha value is -1.40. The molecule has 2 aromatic rings. The molecule has 3 nitrogen and oxygen atoms in total. The minimum Gasteiger partial charge on any atom is -0.301 e. The summed E-state index contributed by atoms with van der Waals surface area (Å²) in [5.74, 6) is 0.0191. The topological polar surface area (TPSA) is 42.0 Å². The molecule has 2 rings (SSSR count). The van der Waals surface area contributed by atoms with Crippen LogP contribution in [0.3, 0.4) is 0 Å². The van der Waals surface area contributed by atoms with Gasteiger partial charge < -0.3 is 5.32 Å². The molecule has 0 saturated carbocycles. The van der Waals surface area contributed by atoms with Gasteiger partial charge in [0.2, 0.25) is 5.91 Å². The molecule has 94 valence electrons. The summed E-state index contributed by atoms with van der Waals surface area (Å²) < 4.78 is 13.1. The highest BCUT2D eigenvalue weighted by Gasteiger charge is 2.07. The lowest BCUT2D eigenvalue weighted by Crippen LogP contribution is -2.13. The largest absolute Gasteiger partial charge is 0.301 e. The summed E-state index contributed by atoms with van der Waals surface area (Å²) in [4.78, 5) is 15.6. The van der Waals surface area contributed by atoms with Crippen LogP contribution in [0.15, 0.2) is 29.6 Å². The molecule has 1 aromatic carbocycles. The molecule has 0 radical (unpaired) electrons. The number of nitrogens with one attached hydrogen (secondary N) is 1. The van der Waals surface area contributed by atoms with Crippen molar-refractivity contribution in [2.45, 2.75) is 0 Å². The van der Waals surface area contributed by atoms with Crippen LogP contribution < -0.4 is 5.32 Å². The molecule has 1 aromatic heterocycles. The van der Waals surface area contributed by atoms with E-state index in [2.05, 4.69) is 10.3 Å². The van der Waals surface area contributed by atoms with Crippen molar-refractivity contribution in [3.05, 3.63) is 35.5 Å². The number of aromatic nitrogens is 1. The predicted octanol–water partition coefficient (Wildman–Crippen LogP) is 3.25. The van der Waals surface area contributed by atoms with Crippen molar-refractivity contribution in [1.82, 2.24) is 4.98 Å². The first-order valence-corrected chi connectivity index (χ1v) is 7.46. The number of rotatable bonds is 4. The Morgan fingerprint density at radius 3 is 3.11 bits per heavy atom. The highest BCUT2D eigenvalue weighted by atomic mass is 32.2. The summed E-state index contributed by atoms with van der Waals surface area (Å²) in [6.45, 7) is 0. The molecule has 0 saturated heterocycles. The van der Waals surface area contributed by atoms with Gasteiger partial charge in [-0.3, -0.25) is 4.79 Å². The third-order valence-corrected chi connectivity index (χ3v) is 3.45. The van der Waals surface area contributed by atoms with Gasteiger partial charge in [0.05, 0.1) is 11.4 Å². The second-order valence-corrected chi connectivity index (χ2v) is 5.25. The molecule has 0 fully saturated rings. The van der Waals surface area contributed by atoms with Gasteiger partial charge in [0.1, 0.15) is 5.82 Å². The summed E-state index contributed by atoms with van der Waals surface area (Å²) in [5, 5.41) is 5.03. The molecule has 0 unspecified atom stereocenters. The molecule has 0 aliphatic carbocycles. The minimum atomic E-state index is -0.298. The number of anilines is 1. The standard InChI is InChI=1S/C12H11FN2OS2/c1-17-7-11(16)15-12-14-10(6-18-12)8-3-2-4-9(13)5-8/h2-6H,7H2,1H3,(H,14,15,16). The third kappa shape index (κ3) is 3.30. The van der Waals surface area contributed by atoms with E-state index in [0.29, 0.717) is 22.1 Å². The first-order valence-electron chi connectivity index (χ1n) is 5.19. The number of benzene rings is 1. The zero-order valence-corrected chi connectivity index (χ0v) is 11.3. The molecule has 18 heavy (non-hydrogen) atoms. The van der Waals surface area contributed by atoms with Crippen LogP contribution in [0, 0.1) is 5.82 Å². The second kappa shape index (κ2) is 5.97. The van der Waals surface area contributed by atoms with E-state index in [0.717, 1.165) is 0 Å². The van der Waals surface area contributed by atoms with Gasteiger partial charge in [-0.1, -0.05) is 12.1 Å². The Kier molecular flexibility index (Phi) is 4.33. The number of thioether (sulfide) groups is 1. The van der Waals surface area contributed by atoms with Gasteiger partial charge in [-0.15, -0.1) is 11.3 Å². The fraction of sp³-hybridized carbons (Fsp3) is 0.167. The number of halogens is 1. The lowest BCUT2D eigenvalue weighted by atomic mass is 10.2. The Balaban J connectivity index is 2.13. The first-order chi connectivity index (χ1) is 8.69. The molecular formula is C12H11FN2OS2. The second-order valence-electron chi connectivity index (χ2n) is 3.53. The summed E-state index contributed by atoms with van der Waals surface area (Å²) in [7, 11) is 0. The number of carbonyl (C=O) groups excluding carboxylic acids is 1. The van der Waals surface area contributed by atoms with Crippen LogP contribution in [-0.2, 0) is 4.79 Å². The highest BCUT2D eigenvalue weighted by Crippen LogP contribution is 2.25. The first kappa shape index (κ1) is 13.0. The molecule has 0 spiro atoms. The van der Waals surface area contributed by atoms with E-state index in [4.69, 9.17) is 0 Å². The molecule has 6 heteroatoms. The Morgan fingerprint density at radius 1 is 1.56 bits per heavy atom. The number of hydrogen-bond acceptors (Lipinski definition) is 4.